The molecule has 2 saturated heterocycles. The van der Waals surface area contributed by atoms with Crippen LogP contribution in [0.25, 0.3) is 0 Å². The summed E-state index contributed by atoms with van der Waals surface area (Å²) >= 11 is 0. The summed E-state index contributed by atoms with van der Waals surface area (Å²) in [7, 11) is 0. The van der Waals surface area contributed by atoms with Crippen molar-refractivity contribution in [2.45, 2.75) is 58.0 Å². The molecule has 3 unspecified atom stereocenters. The molecule has 0 radical (unpaired) electrons. The zero-order valence-corrected chi connectivity index (χ0v) is 13.7. The molecule has 2 aliphatic heterocycles. The molecule has 4 nitrogen and oxygen atoms in total. The molecular formula is C17H31N3O. The number of hydrogen-bond acceptors (Lipinski definition) is 3. The van der Waals surface area contributed by atoms with Gasteiger partial charge in [-0.2, -0.15) is 0 Å². The van der Waals surface area contributed by atoms with E-state index in [1.54, 1.807) is 0 Å². The number of rotatable bonds is 4. The molecule has 21 heavy (non-hydrogen) atoms. The van der Waals surface area contributed by atoms with Crippen LogP contribution in [0.15, 0.2) is 0 Å². The molecule has 1 N–H and O–H groups in total. The van der Waals surface area contributed by atoms with Crippen LogP contribution in [0.2, 0.25) is 0 Å². The van der Waals surface area contributed by atoms with Gasteiger partial charge in [-0.3, -0.25) is 4.79 Å². The van der Waals surface area contributed by atoms with Crippen molar-refractivity contribution in [2.24, 2.45) is 11.8 Å². The third kappa shape index (κ3) is 2.98. The highest BCUT2D eigenvalue weighted by atomic mass is 16.2. The third-order valence-electron chi connectivity index (χ3n) is 6.12. The maximum absolute atomic E-state index is 12.8. The lowest BCUT2D eigenvalue weighted by Crippen LogP contribution is -2.52. The van der Waals surface area contributed by atoms with Crippen LogP contribution in [0.3, 0.4) is 0 Å². The quantitative estimate of drug-likeness (QED) is 0.857. The van der Waals surface area contributed by atoms with E-state index in [4.69, 9.17) is 0 Å². The molecule has 0 aromatic rings. The summed E-state index contributed by atoms with van der Waals surface area (Å²) in [6.45, 7) is 9.71. The van der Waals surface area contributed by atoms with Crippen LogP contribution in [0.1, 0.15) is 46.0 Å². The molecule has 0 bridgehead atoms. The SMILES string of the molecule is CCN(CC)C1CCN(C(=O)C2NCC3CCCC32)CC1. The summed E-state index contributed by atoms with van der Waals surface area (Å²) < 4.78 is 0. The summed E-state index contributed by atoms with van der Waals surface area (Å²) in [5.74, 6) is 1.78. The van der Waals surface area contributed by atoms with E-state index >= 15 is 0 Å². The summed E-state index contributed by atoms with van der Waals surface area (Å²) in [5.41, 5.74) is 0. The number of fused-ring (bicyclic) bond motifs is 1. The summed E-state index contributed by atoms with van der Waals surface area (Å²) in [6, 6.07) is 0.808. The molecule has 3 atom stereocenters. The molecule has 120 valence electrons. The molecule has 0 aromatic heterocycles. The molecule has 1 aliphatic carbocycles. The van der Waals surface area contributed by atoms with Gasteiger partial charge in [-0.25, -0.2) is 0 Å². The minimum Gasteiger partial charge on any atom is -0.341 e. The van der Waals surface area contributed by atoms with Crippen molar-refractivity contribution >= 4 is 5.91 Å². The largest absolute Gasteiger partial charge is 0.341 e. The molecule has 2 heterocycles. The number of nitrogens with zero attached hydrogens (tertiary/aromatic N) is 2. The van der Waals surface area contributed by atoms with E-state index in [1.807, 2.05) is 0 Å². The van der Waals surface area contributed by atoms with E-state index in [0.29, 0.717) is 17.9 Å². The van der Waals surface area contributed by atoms with Crippen LogP contribution in [0.4, 0.5) is 0 Å². The van der Waals surface area contributed by atoms with Crippen molar-refractivity contribution in [1.82, 2.24) is 15.1 Å². The lowest BCUT2D eigenvalue weighted by molar-refractivity contribution is -0.135. The van der Waals surface area contributed by atoms with Gasteiger partial charge in [0, 0.05) is 19.1 Å². The Labute approximate surface area is 129 Å². The number of carbonyl (C=O) groups excluding carboxylic acids is 1. The highest BCUT2D eigenvalue weighted by Gasteiger charge is 2.44. The monoisotopic (exact) mass is 293 g/mol. The molecule has 1 saturated carbocycles. The maximum Gasteiger partial charge on any atom is 0.240 e. The molecule has 0 aromatic carbocycles. The van der Waals surface area contributed by atoms with Gasteiger partial charge >= 0.3 is 0 Å². The van der Waals surface area contributed by atoms with Gasteiger partial charge in [0.15, 0.2) is 0 Å². The topological polar surface area (TPSA) is 35.6 Å². The van der Waals surface area contributed by atoms with Gasteiger partial charge in [0.1, 0.15) is 0 Å². The first-order valence-electron chi connectivity index (χ1n) is 9.00. The lowest BCUT2D eigenvalue weighted by Gasteiger charge is -2.39. The van der Waals surface area contributed by atoms with E-state index < -0.39 is 0 Å². The molecule has 4 heteroatoms. The van der Waals surface area contributed by atoms with Crippen molar-refractivity contribution in [3.8, 4) is 0 Å². The Bertz CT molecular complexity index is 361. The fourth-order valence-corrected chi connectivity index (χ4v) is 4.85. The second-order valence-corrected chi connectivity index (χ2v) is 7.02. The van der Waals surface area contributed by atoms with Crippen LogP contribution < -0.4 is 5.32 Å². The second-order valence-electron chi connectivity index (χ2n) is 7.02. The van der Waals surface area contributed by atoms with Gasteiger partial charge in [-0.15, -0.1) is 0 Å². The Kier molecular flexibility index (Phi) is 4.85. The van der Waals surface area contributed by atoms with Crippen LogP contribution in [0.5, 0.6) is 0 Å². The molecule has 3 fully saturated rings. The van der Waals surface area contributed by atoms with Gasteiger partial charge < -0.3 is 15.1 Å². The highest BCUT2D eigenvalue weighted by Crippen LogP contribution is 2.38. The standard InChI is InChI=1S/C17H31N3O/c1-3-19(4-2)14-8-10-20(11-9-14)17(21)16-15-7-5-6-13(15)12-18-16/h13-16,18H,3-12H2,1-2H3. The molecular weight excluding hydrogens is 262 g/mol. The minimum atomic E-state index is 0.127. The Morgan fingerprint density at radius 3 is 2.52 bits per heavy atom. The third-order valence-corrected chi connectivity index (χ3v) is 6.12. The van der Waals surface area contributed by atoms with Crippen LogP contribution in [0, 0.1) is 11.8 Å². The average molecular weight is 293 g/mol. The van der Waals surface area contributed by atoms with E-state index in [2.05, 4.69) is 29.0 Å². The number of piperidine rings is 1. The number of nitrogens with one attached hydrogen (secondary N) is 1. The van der Waals surface area contributed by atoms with Gasteiger partial charge in [0.2, 0.25) is 5.91 Å². The number of likely N-dealkylation sites (tertiary alicyclic amines) is 1. The molecule has 0 spiro atoms. The van der Waals surface area contributed by atoms with Crippen molar-refractivity contribution < 1.29 is 4.79 Å². The summed E-state index contributed by atoms with van der Waals surface area (Å²) in [4.78, 5) is 17.5. The fourth-order valence-electron chi connectivity index (χ4n) is 4.85. The van der Waals surface area contributed by atoms with E-state index in [1.165, 1.54) is 19.3 Å². The summed E-state index contributed by atoms with van der Waals surface area (Å²) in [6.07, 6.45) is 6.20. The van der Waals surface area contributed by atoms with Crippen LogP contribution in [-0.4, -0.2) is 60.5 Å². The highest BCUT2D eigenvalue weighted by molar-refractivity contribution is 5.82. The first-order chi connectivity index (χ1) is 10.2. The zero-order valence-electron chi connectivity index (χ0n) is 13.7. The Morgan fingerprint density at radius 1 is 1.14 bits per heavy atom. The Hall–Kier alpha value is -0.610. The van der Waals surface area contributed by atoms with Crippen molar-refractivity contribution in [3.05, 3.63) is 0 Å². The van der Waals surface area contributed by atoms with E-state index in [9.17, 15) is 4.79 Å². The first-order valence-corrected chi connectivity index (χ1v) is 9.00. The molecule has 3 aliphatic rings. The number of amides is 1. The average Bonchev–Trinajstić information content (AvgIpc) is 3.11. The minimum absolute atomic E-state index is 0.127. The van der Waals surface area contributed by atoms with Gasteiger partial charge in [-0.1, -0.05) is 20.3 Å². The van der Waals surface area contributed by atoms with Crippen molar-refractivity contribution in [3.63, 3.8) is 0 Å². The Balaban J connectivity index is 1.53. The number of carbonyl (C=O) groups is 1. The number of hydrogen-bond donors (Lipinski definition) is 1. The predicted molar refractivity (Wildman–Crippen MR) is 85.1 cm³/mol. The van der Waals surface area contributed by atoms with Crippen LogP contribution in [-0.2, 0) is 4.79 Å². The first kappa shape index (κ1) is 15.3. The normalized spacial score (nSPS) is 33.7. The van der Waals surface area contributed by atoms with Crippen molar-refractivity contribution in [1.29, 1.82) is 0 Å². The fraction of sp³-hybridized carbons (Fsp3) is 0.941. The van der Waals surface area contributed by atoms with Crippen LogP contribution >= 0.6 is 0 Å². The van der Waals surface area contributed by atoms with Gasteiger partial charge in [0.25, 0.3) is 0 Å². The zero-order chi connectivity index (χ0) is 14.8. The molecule has 3 rings (SSSR count). The van der Waals surface area contributed by atoms with E-state index in [0.717, 1.165) is 51.5 Å². The summed E-state index contributed by atoms with van der Waals surface area (Å²) in [5, 5.41) is 3.51. The molecule has 1 amide bonds. The maximum atomic E-state index is 12.8. The van der Waals surface area contributed by atoms with Crippen molar-refractivity contribution in [2.75, 3.05) is 32.7 Å². The van der Waals surface area contributed by atoms with Gasteiger partial charge in [0.05, 0.1) is 6.04 Å². The van der Waals surface area contributed by atoms with Gasteiger partial charge in [-0.05, 0) is 57.2 Å². The Morgan fingerprint density at radius 2 is 1.86 bits per heavy atom. The second kappa shape index (κ2) is 6.66. The van der Waals surface area contributed by atoms with E-state index in [-0.39, 0.29) is 6.04 Å². The lowest BCUT2D eigenvalue weighted by atomic mass is 9.92. The smallest absolute Gasteiger partial charge is 0.240 e. The predicted octanol–water partition coefficient (Wildman–Crippen LogP) is 1.71.